The quantitative estimate of drug-likeness (QED) is 0.522. The van der Waals surface area contributed by atoms with Crippen molar-refractivity contribution in [2.45, 2.75) is 37.4 Å². The topological polar surface area (TPSA) is 73.0 Å². The number of fused-ring (bicyclic) bond motifs is 1. The summed E-state index contributed by atoms with van der Waals surface area (Å²) in [7, 11) is 0. The first-order valence-electron chi connectivity index (χ1n) is 11.2. The summed E-state index contributed by atoms with van der Waals surface area (Å²) in [6, 6.07) is 9.65. The summed E-state index contributed by atoms with van der Waals surface area (Å²) < 4.78 is 14.5. The van der Waals surface area contributed by atoms with Gasteiger partial charge in [-0.15, -0.1) is 0 Å². The zero-order valence-corrected chi connectivity index (χ0v) is 17.2. The number of pyridine rings is 1. The highest BCUT2D eigenvalue weighted by Crippen LogP contribution is 2.40. The highest BCUT2D eigenvalue weighted by Gasteiger charge is 2.42. The van der Waals surface area contributed by atoms with Gasteiger partial charge < -0.3 is 16.0 Å². The van der Waals surface area contributed by atoms with Crippen LogP contribution in [0, 0.1) is 17.7 Å². The molecule has 0 aliphatic carbocycles. The van der Waals surface area contributed by atoms with E-state index < -0.39 is 0 Å². The molecule has 5 N–H and O–H groups in total. The Hall–Kier alpha value is -2.06. The van der Waals surface area contributed by atoms with Gasteiger partial charge in [0.15, 0.2) is 0 Å². The molecule has 3 aliphatic rings. The Labute approximate surface area is 177 Å². The van der Waals surface area contributed by atoms with Crippen molar-refractivity contribution in [2.75, 3.05) is 31.5 Å². The minimum atomic E-state index is -0.141. The molecule has 3 saturated heterocycles. The predicted octanol–water partition coefficient (Wildman–Crippen LogP) is 2.50. The standard InChI is InChI=1S/C23H31FN6/c24-19-4-2-1-3-16(19)23-17-11-21(28-14-22(17)29-30-23)18-13-26-10-7-20(18)27-12-15-5-8-25-9-6-15/h1-4,7,10,13,15,17,21-23,25,28-30H,5-6,8-9,11-12,14H2,(H,26,27). The Bertz CT molecular complexity index is 855. The van der Waals surface area contributed by atoms with Crippen LogP contribution < -0.4 is 26.8 Å². The average Bonchev–Trinajstić information content (AvgIpc) is 3.22. The molecule has 30 heavy (non-hydrogen) atoms. The molecular weight excluding hydrogens is 379 g/mol. The molecule has 2 aromatic rings. The van der Waals surface area contributed by atoms with Crippen LogP contribution in [0.15, 0.2) is 42.7 Å². The van der Waals surface area contributed by atoms with Gasteiger partial charge in [0, 0.05) is 54.4 Å². The van der Waals surface area contributed by atoms with E-state index in [1.165, 1.54) is 24.1 Å². The zero-order valence-electron chi connectivity index (χ0n) is 17.2. The van der Waals surface area contributed by atoms with Crippen molar-refractivity contribution < 1.29 is 4.39 Å². The minimum absolute atomic E-state index is 0.0244. The monoisotopic (exact) mass is 410 g/mol. The molecule has 3 aliphatic heterocycles. The lowest BCUT2D eigenvalue weighted by molar-refractivity contribution is 0.265. The van der Waals surface area contributed by atoms with Crippen LogP contribution in [-0.4, -0.2) is 37.2 Å². The largest absolute Gasteiger partial charge is 0.384 e. The van der Waals surface area contributed by atoms with Gasteiger partial charge in [0.05, 0.1) is 6.04 Å². The number of nitrogens with one attached hydrogen (secondary N) is 5. The molecular formula is C23H31FN6. The number of halogens is 1. The smallest absolute Gasteiger partial charge is 0.128 e. The summed E-state index contributed by atoms with van der Waals surface area (Å²) in [4.78, 5) is 4.41. The molecule has 5 rings (SSSR count). The molecule has 0 radical (unpaired) electrons. The van der Waals surface area contributed by atoms with E-state index in [4.69, 9.17) is 0 Å². The van der Waals surface area contributed by atoms with E-state index in [9.17, 15) is 4.39 Å². The lowest BCUT2D eigenvalue weighted by atomic mass is 9.80. The number of piperidine rings is 2. The summed E-state index contributed by atoms with van der Waals surface area (Å²) in [5, 5.41) is 10.8. The van der Waals surface area contributed by atoms with Crippen LogP contribution in [0.3, 0.4) is 0 Å². The highest BCUT2D eigenvalue weighted by atomic mass is 19.1. The number of aromatic nitrogens is 1. The molecule has 4 atom stereocenters. The third kappa shape index (κ3) is 4.07. The SMILES string of the molecule is Fc1ccccc1C1NNC2CNC(c3cnccc3NCC3CCNCC3)CC21. The van der Waals surface area contributed by atoms with Gasteiger partial charge in [-0.25, -0.2) is 9.82 Å². The van der Waals surface area contributed by atoms with Gasteiger partial charge in [0.1, 0.15) is 5.82 Å². The van der Waals surface area contributed by atoms with Gasteiger partial charge in [-0.1, -0.05) is 18.2 Å². The van der Waals surface area contributed by atoms with Crippen LogP contribution in [0.5, 0.6) is 0 Å². The molecule has 1 aromatic carbocycles. The van der Waals surface area contributed by atoms with Crippen molar-refractivity contribution in [1.82, 2.24) is 26.5 Å². The van der Waals surface area contributed by atoms with Crippen molar-refractivity contribution >= 4 is 5.69 Å². The first-order valence-corrected chi connectivity index (χ1v) is 11.2. The number of anilines is 1. The Morgan fingerprint density at radius 1 is 1.07 bits per heavy atom. The van der Waals surface area contributed by atoms with E-state index in [-0.39, 0.29) is 23.9 Å². The maximum Gasteiger partial charge on any atom is 0.128 e. The molecule has 0 amide bonds. The molecule has 0 spiro atoms. The molecule has 4 unspecified atom stereocenters. The summed E-state index contributed by atoms with van der Waals surface area (Å²) in [6.45, 7) is 4.06. The Balaban J connectivity index is 1.31. The fraction of sp³-hybridized carbons (Fsp3) is 0.522. The van der Waals surface area contributed by atoms with Crippen LogP contribution in [0.4, 0.5) is 10.1 Å². The van der Waals surface area contributed by atoms with Crippen molar-refractivity contribution in [1.29, 1.82) is 0 Å². The van der Waals surface area contributed by atoms with Crippen LogP contribution in [-0.2, 0) is 0 Å². The van der Waals surface area contributed by atoms with Crippen molar-refractivity contribution in [3.8, 4) is 0 Å². The summed E-state index contributed by atoms with van der Waals surface area (Å²) in [5.74, 6) is 0.883. The second-order valence-corrected chi connectivity index (χ2v) is 8.79. The first-order chi connectivity index (χ1) is 14.8. The normalized spacial score (nSPS) is 29.5. The Morgan fingerprint density at radius 2 is 1.93 bits per heavy atom. The van der Waals surface area contributed by atoms with Crippen molar-refractivity contribution in [3.63, 3.8) is 0 Å². The molecule has 0 saturated carbocycles. The van der Waals surface area contributed by atoms with E-state index in [0.717, 1.165) is 38.2 Å². The number of hydrogen-bond donors (Lipinski definition) is 5. The van der Waals surface area contributed by atoms with Crippen LogP contribution in [0.2, 0.25) is 0 Å². The van der Waals surface area contributed by atoms with Crippen molar-refractivity contribution in [2.24, 2.45) is 11.8 Å². The predicted molar refractivity (Wildman–Crippen MR) is 116 cm³/mol. The van der Waals surface area contributed by atoms with E-state index >= 15 is 0 Å². The first kappa shape index (κ1) is 19.9. The van der Waals surface area contributed by atoms with E-state index in [2.05, 4.69) is 37.9 Å². The fourth-order valence-electron chi connectivity index (χ4n) is 5.23. The van der Waals surface area contributed by atoms with Crippen LogP contribution in [0.1, 0.15) is 42.5 Å². The maximum atomic E-state index is 14.5. The van der Waals surface area contributed by atoms with Gasteiger partial charge in [-0.2, -0.15) is 0 Å². The molecule has 1 aromatic heterocycles. The van der Waals surface area contributed by atoms with E-state index in [0.29, 0.717) is 11.8 Å². The number of benzene rings is 1. The van der Waals surface area contributed by atoms with E-state index in [1.807, 2.05) is 24.5 Å². The molecule has 7 heteroatoms. The fourth-order valence-corrected chi connectivity index (χ4v) is 5.23. The molecule has 6 nitrogen and oxygen atoms in total. The van der Waals surface area contributed by atoms with Gasteiger partial charge in [-0.3, -0.25) is 10.4 Å². The van der Waals surface area contributed by atoms with E-state index in [1.54, 1.807) is 12.1 Å². The Kier molecular flexibility index (Phi) is 5.95. The lowest BCUT2D eigenvalue weighted by Gasteiger charge is -2.35. The van der Waals surface area contributed by atoms with Gasteiger partial charge in [-0.05, 0) is 56.3 Å². The molecule has 4 heterocycles. The number of hydrogen-bond acceptors (Lipinski definition) is 6. The third-order valence-electron chi connectivity index (χ3n) is 6.97. The second kappa shape index (κ2) is 8.98. The lowest BCUT2D eigenvalue weighted by Crippen LogP contribution is -2.46. The summed E-state index contributed by atoms with van der Waals surface area (Å²) in [5.41, 5.74) is 9.84. The molecule has 3 fully saturated rings. The average molecular weight is 411 g/mol. The van der Waals surface area contributed by atoms with Crippen LogP contribution >= 0.6 is 0 Å². The molecule has 160 valence electrons. The van der Waals surface area contributed by atoms with Crippen LogP contribution in [0.25, 0.3) is 0 Å². The second-order valence-electron chi connectivity index (χ2n) is 8.79. The molecule has 0 bridgehead atoms. The van der Waals surface area contributed by atoms with Gasteiger partial charge >= 0.3 is 0 Å². The Morgan fingerprint density at radius 3 is 2.80 bits per heavy atom. The number of hydrazine groups is 1. The minimum Gasteiger partial charge on any atom is -0.384 e. The third-order valence-corrected chi connectivity index (χ3v) is 6.97. The number of rotatable bonds is 5. The summed E-state index contributed by atoms with van der Waals surface area (Å²) >= 11 is 0. The highest BCUT2D eigenvalue weighted by molar-refractivity contribution is 5.51. The van der Waals surface area contributed by atoms with Gasteiger partial charge in [0.25, 0.3) is 0 Å². The van der Waals surface area contributed by atoms with Crippen molar-refractivity contribution in [3.05, 3.63) is 59.7 Å². The van der Waals surface area contributed by atoms with Gasteiger partial charge in [0.2, 0.25) is 0 Å². The zero-order chi connectivity index (χ0) is 20.3. The number of nitrogens with zero attached hydrogens (tertiary/aromatic N) is 1. The maximum absolute atomic E-state index is 14.5. The summed E-state index contributed by atoms with van der Waals surface area (Å²) in [6.07, 6.45) is 7.22.